The molecule has 1 heterocycles. The van der Waals surface area contributed by atoms with Crippen LogP contribution in [0.15, 0.2) is 24.3 Å². The Kier molecular flexibility index (Phi) is 4.81. The van der Waals surface area contributed by atoms with E-state index in [0.717, 1.165) is 24.3 Å². The van der Waals surface area contributed by atoms with E-state index in [-0.39, 0.29) is 6.04 Å². The standard InChI is InChI=1S/C18H28N2O/c1-2-21-16-9-7-14(8-10-16)17(19)13-20-12-11-15-5-3-4-6-18(15)20/h7-10,15,17-18H,2-6,11-13,19H2,1H3. The van der Waals surface area contributed by atoms with Crippen LogP contribution in [-0.4, -0.2) is 30.6 Å². The van der Waals surface area contributed by atoms with Crippen molar-refractivity contribution in [3.8, 4) is 5.75 Å². The summed E-state index contributed by atoms with van der Waals surface area (Å²) in [6.07, 6.45) is 7.01. The number of likely N-dealkylation sites (tertiary alicyclic amines) is 1. The molecule has 0 amide bonds. The number of nitrogens with zero attached hydrogens (tertiary/aromatic N) is 1. The molecule has 3 rings (SSSR count). The number of rotatable bonds is 5. The summed E-state index contributed by atoms with van der Waals surface area (Å²) in [7, 11) is 0. The molecule has 1 saturated heterocycles. The van der Waals surface area contributed by atoms with Crippen molar-refractivity contribution in [3.05, 3.63) is 29.8 Å². The minimum atomic E-state index is 0.112. The molecular weight excluding hydrogens is 260 g/mol. The lowest BCUT2D eigenvalue weighted by molar-refractivity contribution is 0.174. The van der Waals surface area contributed by atoms with E-state index in [1.807, 2.05) is 19.1 Å². The number of hydrogen-bond acceptors (Lipinski definition) is 3. The summed E-state index contributed by atoms with van der Waals surface area (Å²) in [5.74, 6) is 1.87. The smallest absolute Gasteiger partial charge is 0.119 e. The van der Waals surface area contributed by atoms with Crippen molar-refractivity contribution in [1.29, 1.82) is 0 Å². The SMILES string of the molecule is CCOc1ccc(C(N)CN2CCC3CCCCC32)cc1. The van der Waals surface area contributed by atoms with E-state index in [2.05, 4.69) is 17.0 Å². The molecule has 2 aliphatic rings. The molecule has 2 fully saturated rings. The molecule has 116 valence electrons. The summed E-state index contributed by atoms with van der Waals surface area (Å²) < 4.78 is 5.49. The molecule has 0 bridgehead atoms. The Labute approximate surface area is 128 Å². The minimum absolute atomic E-state index is 0.112. The van der Waals surface area contributed by atoms with Crippen LogP contribution in [0.1, 0.15) is 50.6 Å². The molecule has 1 aliphatic carbocycles. The number of fused-ring (bicyclic) bond motifs is 1. The van der Waals surface area contributed by atoms with Gasteiger partial charge in [0.2, 0.25) is 0 Å². The van der Waals surface area contributed by atoms with Crippen LogP contribution in [0.3, 0.4) is 0 Å². The van der Waals surface area contributed by atoms with Crippen LogP contribution < -0.4 is 10.5 Å². The molecule has 1 aromatic carbocycles. The van der Waals surface area contributed by atoms with Crippen LogP contribution in [0.2, 0.25) is 0 Å². The summed E-state index contributed by atoms with van der Waals surface area (Å²) in [6.45, 7) is 4.95. The van der Waals surface area contributed by atoms with Gasteiger partial charge in [-0.1, -0.05) is 25.0 Å². The molecule has 2 N–H and O–H groups in total. The van der Waals surface area contributed by atoms with Gasteiger partial charge in [0.25, 0.3) is 0 Å². The Morgan fingerprint density at radius 2 is 1.95 bits per heavy atom. The third kappa shape index (κ3) is 3.41. The molecule has 0 radical (unpaired) electrons. The first kappa shape index (κ1) is 14.9. The maximum atomic E-state index is 6.44. The Hall–Kier alpha value is -1.06. The highest BCUT2D eigenvalue weighted by Gasteiger charge is 2.35. The molecule has 1 aliphatic heterocycles. The van der Waals surface area contributed by atoms with Gasteiger partial charge in [-0.25, -0.2) is 0 Å². The summed E-state index contributed by atoms with van der Waals surface area (Å²) in [5, 5.41) is 0. The van der Waals surface area contributed by atoms with Gasteiger partial charge in [0.15, 0.2) is 0 Å². The molecule has 1 aromatic rings. The van der Waals surface area contributed by atoms with Crippen molar-refractivity contribution >= 4 is 0 Å². The molecule has 21 heavy (non-hydrogen) atoms. The highest BCUT2D eigenvalue weighted by molar-refractivity contribution is 5.29. The average Bonchev–Trinajstić information content (AvgIpc) is 2.92. The fourth-order valence-corrected chi connectivity index (χ4v) is 4.07. The molecule has 0 spiro atoms. The number of ether oxygens (including phenoxy) is 1. The van der Waals surface area contributed by atoms with E-state index in [1.165, 1.54) is 44.2 Å². The van der Waals surface area contributed by atoms with Crippen LogP contribution >= 0.6 is 0 Å². The number of nitrogens with two attached hydrogens (primary N) is 1. The highest BCUT2D eigenvalue weighted by atomic mass is 16.5. The van der Waals surface area contributed by atoms with Crippen molar-refractivity contribution in [2.75, 3.05) is 19.7 Å². The fourth-order valence-electron chi connectivity index (χ4n) is 4.07. The third-order valence-corrected chi connectivity index (χ3v) is 5.18. The summed E-state index contributed by atoms with van der Waals surface area (Å²) in [4.78, 5) is 2.64. The van der Waals surface area contributed by atoms with Gasteiger partial charge in [-0.05, 0) is 56.3 Å². The van der Waals surface area contributed by atoms with Gasteiger partial charge in [-0.15, -0.1) is 0 Å². The zero-order valence-corrected chi connectivity index (χ0v) is 13.1. The Balaban J connectivity index is 1.59. The number of benzene rings is 1. The molecule has 3 heteroatoms. The van der Waals surface area contributed by atoms with Crippen LogP contribution in [-0.2, 0) is 0 Å². The van der Waals surface area contributed by atoms with E-state index >= 15 is 0 Å². The maximum Gasteiger partial charge on any atom is 0.119 e. The van der Waals surface area contributed by atoms with Crippen molar-refractivity contribution in [3.63, 3.8) is 0 Å². The van der Waals surface area contributed by atoms with Gasteiger partial charge < -0.3 is 10.5 Å². The van der Waals surface area contributed by atoms with E-state index in [1.54, 1.807) is 0 Å². The maximum absolute atomic E-state index is 6.44. The van der Waals surface area contributed by atoms with E-state index in [4.69, 9.17) is 10.5 Å². The highest BCUT2D eigenvalue weighted by Crippen LogP contribution is 2.36. The zero-order chi connectivity index (χ0) is 14.7. The Morgan fingerprint density at radius 3 is 2.71 bits per heavy atom. The summed E-state index contributed by atoms with van der Waals surface area (Å²) >= 11 is 0. The first-order valence-electron chi connectivity index (χ1n) is 8.50. The van der Waals surface area contributed by atoms with E-state index in [0.29, 0.717) is 6.61 Å². The van der Waals surface area contributed by atoms with Gasteiger partial charge in [-0.3, -0.25) is 4.90 Å². The van der Waals surface area contributed by atoms with Gasteiger partial charge in [0, 0.05) is 18.6 Å². The Bertz CT molecular complexity index is 445. The molecule has 1 saturated carbocycles. The molecule has 0 aromatic heterocycles. The lowest BCUT2D eigenvalue weighted by Gasteiger charge is -2.33. The van der Waals surface area contributed by atoms with Crippen LogP contribution in [0.5, 0.6) is 5.75 Å². The number of hydrogen-bond donors (Lipinski definition) is 1. The monoisotopic (exact) mass is 288 g/mol. The molecule has 3 nitrogen and oxygen atoms in total. The molecule has 3 atom stereocenters. The lowest BCUT2D eigenvalue weighted by atomic mass is 9.85. The second kappa shape index (κ2) is 6.80. The second-order valence-corrected chi connectivity index (χ2v) is 6.50. The largest absolute Gasteiger partial charge is 0.494 e. The van der Waals surface area contributed by atoms with Crippen LogP contribution in [0.4, 0.5) is 0 Å². The molecular formula is C18H28N2O. The van der Waals surface area contributed by atoms with Gasteiger partial charge in [0.05, 0.1) is 6.61 Å². The van der Waals surface area contributed by atoms with Crippen molar-refractivity contribution in [2.24, 2.45) is 11.7 Å². The topological polar surface area (TPSA) is 38.5 Å². The quantitative estimate of drug-likeness (QED) is 0.903. The van der Waals surface area contributed by atoms with Crippen LogP contribution in [0.25, 0.3) is 0 Å². The van der Waals surface area contributed by atoms with Gasteiger partial charge in [-0.2, -0.15) is 0 Å². The fraction of sp³-hybridized carbons (Fsp3) is 0.667. The predicted octanol–water partition coefficient (Wildman–Crippen LogP) is 3.35. The van der Waals surface area contributed by atoms with Crippen molar-refractivity contribution in [1.82, 2.24) is 4.90 Å². The normalized spacial score (nSPS) is 27.3. The van der Waals surface area contributed by atoms with Crippen LogP contribution in [0, 0.1) is 5.92 Å². The van der Waals surface area contributed by atoms with Gasteiger partial charge >= 0.3 is 0 Å². The first-order chi connectivity index (χ1) is 10.3. The van der Waals surface area contributed by atoms with Crippen molar-refractivity contribution in [2.45, 2.75) is 51.1 Å². The molecule has 3 unspecified atom stereocenters. The first-order valence-corrected chi connectivity index (χ1v) is 8.50. The lowest BCUT2D eigenvalue weighted by Crippen LogP contribution is -2.39. The predicted molar refractivity (Wildman–Crippen MR) is 86.5 cm³/mol. The average molecular weight is 288 g/mol. The van der Waals surface area contributed by atoms with Crippen molar-refractivity contribution < 1.29 is 4.74 Å². The van der Waals surface area contributed by atoms with E-state index in [9.17, 15) is 0 Å². The van der Waals surface area contributed by atoms with Gasteiger partial charge in [0.1, 0.15) is 5.75 Å². The Morgan fingerprint density at radius 1 is 1.19 bits per heavy atom. The second-order valence-electron chi connectivity index (χ2n) is 6.50. The summed E-state index contributed by atoms with van der Waals surface area (Å²) in [6, 6.07) is 9.21. The zero-order valence-electron chi connectivity index (χ0n) is 13.1. The third-order valence-electron chi connectivity index (χ3n) is 5.18. The van der Waals surface area contributed by atoms with E-state index < -0.39 is 0 Å². The minimum Gasteiger partial charge on any atom is -0.494 e. The summed E-state index contributed by atoms with van der Waals surface area (Å²) in [5.41, 5.74) is 7.66.